The standard InChI is InChI=1S/C19H22N2O4/c1-5-25-17-10-9-14(11-18(17)24-4)19(23)21-16-8-6-7-15(12(16)2)20-13(3)22/h6-11H,5H2,1-4H3,(H,20,22)(H,21,23). The molecule has 0 aliphatic carbocycles. The van der Waals surface area contributed by atoms with Crippen molar-refractivity contribution in [3.8, 4) is 11.5 Å². The van der Waals surface area contributed by atoms with E-state index in [1.165, 1.54) is 14.0 Å². The molecule has 25 heavy (non-hydrogen) atoms. The van der Waals surface area contributed by atoms with Crippen LogP contribution in [0.1, 0.15) is 29.8 Å². The highest BCUT2D eigenvalue weighted by Crippen LogP contribution is 2.29. The highest BCUT2D eigenvalue weighted by Gasteiger charge is 2.13. The molecule has 2 aromatic carbocycles. The summed E-state index contributed by atoms with van der Waals surface area (Å²) >= 11 is 0. The van der Waals surface area contributed by atoms with Crippen molar-refractivity contribution in [2.75, 3.05) is 24.4 Å². The van der Waals surface area contributed by atoms with Crippen LogP contribution in [0.3, 0.4) is 0 Å². The summed E-state index contributed by atoms with van der Waals surface area (Å²) in [6.45, 7) is 5.67. The average molecular weight is 342 g/mol. The molecule has 2 amide bonds. The van der Waals surface area contributed by atoms with Gasteiger partial charge in [-0.15, -0.1) is 0 Å². The van der Waals surface area contributed by atoms with Gasteiger partial charge in [-0.25, -0.2) is 0 Å². The van der Waals surface area contributed by atoms with Gasteiger partial charge in [0.25, 0.3) is 5.91 Å². The number of anilines is 2. The molecule has 0 aromatic heterocycles. The van der Waals surface area contributed by atoms with Crippen molar-refractivity contribution < 1.29 is 19.1 Å². The van der Waals surface area contributed by atoms with Crippen LogP contribution in [0.4, 0.5) is 11.4 Å². The quantitative estimate of drug-likeness (QED) is 0.841. The Morgan fingerprint density at radius 2 is 1.72 bits per heavy atom. The molecule has 0 aliphatic heterocycles. The Balaban J connectivity index is 2.24. The van der Waals surface area contributed by atoms with E-state index in [0.29, 0.717) is 35.0 Å². The first kappa shape index (κ1) is 18.3. The van der Waals surface area contributed by atoms with Crippen molar-refractivity contribution in [3.05, 3.63) is 47.5 Å². The van der Waals surface area contributed by atoms with Crippen LogP contribution >= 0.6 is 0 Å². The van der Waals surface area contributed by atoms with Gasteiger partial charge in [0.1, 0.15) is 0 Å². The van der Waals surface area contributed by atoms with Crippen LogP contribution in [-0.4, -0.2) is 25.5 Å². The van der Waals surface area contributed by atoms with Crippen molar-refractivity contribution in [2.45, 2.75) is 20.8 Å². The fourth-order valence-corrected chi connectivity index (χ4v) is 2.37. The van der Waals surface area contributed by atoms with Crippen molar-refractivity contribution in [2.24, 2.45) is 0 Å². The lowest BCUT2D eigenvalue weighted by Crippen LogP contribution is -2.14. The van der Waals surface area contributed by atoms with Gasteiger partial charge in [0.05, 0.1) is 13.7 Å². The summed E-state index contributed by atoms with van der Waals surface area (Å²) in [7, 11) is 1.53. The molecule has 0 saturated heterocycles. The highest BCUT2D eigenvalue weighted by atomic mass is 16.5. The Bertz CT molecular complexity index is 787. The summed E-state index contributed by atoms with van der Waals surface area (Å²) in [4.78, 5) is 23.8. The summed E-state index contributed by atoms with van der Waals surface area (Å²) in [5.41, 5.74) is 2.52. The van der Waals surface area contributed by atoms with Crippen LogP contribution in [0.25, 0.3) is 0 Å². The van der Waals surface area contributed by atoms with Crippen LogP contribution in [0.15, 0.2) is 36.4 Å². The molecule has 0 atom stereocenters. The summed E-state index contributed by atoms with van der Waals surface area (Å²) in [6, 6.07) is 10.4. The monoisotopic (exact) mass is 342 g/mol. The van der Waals surface area contributed by atoms with E-state index >= 15 is 0 Å². The Morgan fingerprint density at radius 1 is 1.04 bits per heavy atom. The number of hydrogen-bond donors (Lipinski definition) is 2. The van der Waals surface area contributed by atoms with Gasteiger partial charge in [-0.2, -0.15) is 0 Å². The molecule has 2 rings (SSSR count). The Kier molecular flexibility index (Phi) is 6.00. The third kappa shape index (κ3) is 4.50. The second kappa shape index (κ2) is 8.19. The fourth-order valence-electron chi connectivity index (χ4n) is 2.37. The minimum Gasteiger partial charge on any atom is -0.493 e. The molecule has 2 aromatic rings. The molecule has 0 saturated carbocycles. The maximum absolute atomic E-state index is 12.5. The van der Waals surface area contributed by atoms with Gasteiger partial charge in [-0.3, -0.25) is 9.59 Å². The van der Waals surface area contributed by atoms with Crippen LogP contribution < -0.4 is 20.1 Å². The van der Waals surface area contributed by atoms with Crippen molar-refractivity contribution in [1.82, 2.24) is 0 Å². The molecule has 0 unspecified atom stereocenters. The van der Waals surface area contributed by atoms with Crippen LogP contribution in [0.5, 0.6) is 11.5 Å². The zero-order valence-electron chi connectivity index (χ0n) is 14.8. The Morgan fingerprint density at radius 3 is 2.32 bits per heavy atom. The van der Waals surface area contributed by atoms with E-state index in [0.717, 1.165) is 5.56 Å². The highest BCUT2D eigenvalue weighted by molar-refractivity contribution is 6.05. The zero-order valence-corrected chi connectivity index (χ0v) is 14.8. The molecular weight excluding hydrogens is 320 g/mol. The molecule has 2 N–H and O–H groups in total. The number of rotatable bonds is 6. The minimum atomic E-state index is -0.274. The molecule has 6 nitrogen and oxygen atoms in total. The topological polar surface area (TPSA) is 76.7 Å². The normalized spacial score (nSPS) is 10.1. The molecule has 0 bridgehead atoms. The summed E-state index contributed by atoms with van der Waals surface area (Å²) < 4.78 is 10.7. The van der Waals surface area contributed by atoms with Crippen LogP contribution in [0, 0.1) is 6.92 Å². The van der Waals surface area contributed by atoms with Crippen LogP contribution in [0.2, 0.25) is 0 Å². The second-order valence-corrected chi connectivity index (χ2v) is 5.41. The number of carbonyl (C=O) groups is 2. The average Bonchev–Trinajstić information content (AvgIpc) is 2.58. The fraction of sp³-hybridized carbons (Fsp3) is 0.263. The van der Waals surface area contributed by atoms with Crippen molar-refractivity contribution in [1.29, 1.82) is 0 Å². The van der Waals surface area contributed by atoms with Gasteiger partial charge in [0, 0.05) is 23.9 Å². The van der Waals surface area contributed by atoms with E-state index in [2.05, 4.69) is 10.6 Å². The summed E-state index contributed by atoms with van der Waals surface area (Å²) in [5.74, 6) is 0.649. The zero-order chi connectivity index (χ0) is 18.4. The van der Waals surface area contributed by atoms with Crippen molar-refractivity contribution >= 4 is 23.2 Å². The first-order valence-electron chi connectivity index (χ1n) is 7.95. The Labute approximate surface area is 147 Å². The molecule has 0 fully saturated rings. The van der Waals surface area contributed by atoms with Crippen molar-refractivity contribution in [3.63, 3.8) is 0 Å². The third-order valence-corrected chi connectivity index (χ3v) is 3.62. The maximum Gasteiger partial charge on any atom is 0.255 e. The van der Waals surface area contributed by atoms with E-state index in [-0.39, 0.29) is 11.8 Å². The van der Waals surface area contributed by atoms with E-state index in [1.54, 1.807) is 36.4 Å². The number of benzene rings is 2. The lowest BCUT2D eigenvalue weighted by molar-refractivity contribution is -0.114. The number of nitrogens with one attached hydrogen (secondary N) is 2. The minimum absolute atomic E-state index is 0.164. The largest absolute Gasteiger partial charge is 0.493 e. The molecule has 132 valence electrons. The molecular formula is C19H22N2O4. The first-order chi connectivity index (χ1) is 12.0. The maximum atomic E-state index is 12.5. The Hall–Kier alpha value is -3.02. The van der Waals surface area contributed by atoms with Gasteiger partial charge in [0.2, 0.25) is 5.91 Å². The van der Waals surface area contributed by atoms with E-state index in [1.807, 2.05) is 13.8 Å². The van der Waals surface area contributed by atoms with E-state index < -0.39 is 0 Å². The smallest absolute Gasteiger partial charge is 0.255 e. The second-order valence-electron chi connectivity index (χ2n) is 5.41. The molecule has 6 heteroatoms. The lowest BCUT2D eigenvalue weighted by Gasteiger charge is -2.14. The van der Waals surface area contributed by atoms with Crippen LogP contribution in [-0.2, 0) is 4.79 Å². The predicted molar refractivity (Wildman–Crippen MR) is 97.6 cm³/mol. The van der Waals surface area contributed by atoms with Gasteiger partial charge >= 0.3 is 0 Å². The first-order valence-corrected chi connectivity index (χ1v) is 7.95. The number of amides is 2. The molecule has 0 spiro atoms. The SMILES string of the molecule is CCOc1ccc(C(=O)Nc2cccc(NC(C)=O)c2C)cc1OC. The summed E-state index contributed by atoms with van der Waals surface area (Å²) in [6.07, 6.45) is 0. The number of carbonyl (C=O) groups excluding carboxylic acids is 2. The molecule has 0 heterocycles. The predicted octanol–water partition coefficient (Wildman–Crippen LogP) is 3.61. The van der Waals surface area contributed by atoms with E-state index in [9.17, 15) is 9.59 Å². The van der Waals surface area contributed by atoms with Gasteiger partial charge < -0.3 is 20.1 Å². The van der Waals surface area contributed by atoms with Gasteiger partial charge in [-0.1, -0.05) is 6.07 Å². The third-order valence-electron chi connectivity index (χ3n) is 3.62. The number of ether oxygens (including phenoxy) is 2. The van der Waals surface area contributed by atoms with Gasteiger partial charge in [0.15, 0.2) is 11.5 Å². The summed E-state index contributed by atoms with van der Waals surface area (Å²) in [5, 5.41) is 5.60. The number of methoxy groups -OCH3 is 1. The number of hydrogen-bond acceptors (Lipinski definition) is 4. The van der Waals surface area contributed by atoms with E-state index in [4.69, 9.17) is 9.47 Å². The van der Waals surface area contributed by atoms with Gasteiger partial charge in [-0.05, 0) is 49.7 Å². The lowest BCUT2D eigenvalue weighted by atomic mass is 10.1. The molecule has 0 radical (unpaired) electrons. The molecule has 0 aliphatic rings.